The van der Waals surface area contributed by atoms with Crippen LogP contribution in [0.2, 0.25) is 10.0 Å². The summed E-state index contributed by atoms with van der Waals surface area (Å²) in [6, 6.07) is 4.18. The fourth-order valence-corrected chi connectivity index (χ4v) is 2.80. The predicted octanol–water partition coefficient (Wildman–Crippen LogP) is 4.34. The van der Waals surface area contributed by atoms with Crippen LogP contribution in [0.1, 0.15) is 35.6 Å². The highest BCUT2D eigenvalue weighted by molar-refractivity contribution is 6.34. The lowest BCUT2D eigenvalue weighted by Crippen LogP contribution is -2.12. The van der Waals surface area contributed by atoms with Crippen molar-refractivity contribution >= 4 is 29.0 Å². The van der Waals surface area contributed by atoms with Gasteiger partial charge in [0.1, 0.15) is 5.82 Å². The number of carbonyl (C=O) groups is 1. The van der Waals surface area contributed by atoms with Crippen molar-refractivity contribution in [2.24, 2.45) is 0 Å². The zero-order valence-electron chi connectivity index (χ0n) is 11.8. The molecule has 0 spiro atoms. The molecule has 0 aliphatic heterocycles. The first kappa shape index (κ1) is 16.0. The number of rotatable bonds is 5. The molecule has 6 heteroatoms. The van der Waals surface area contributed by atoms with Gasteiger partial charge >= 0.3 is 0 Å². The fraction of sp³-hybridized carbons (Fsp3) is 0.333. The first-order valence-electron chi connectivity index (χ1n) is 6.70. The lowest BCUT2D eigenvalue weighted by Gasteiger charge is -2.07. The maximum atomic E-state index is 13.8. The highest BCUT2D eigenvalue weighted by atomic mass is 35.5. The van der Waals surface area contributed by atoms with Crippen LogP contribution < -0.4 is 0 Å². The largest absolute Gasteiger partial charge is 0.294 e. The second-order valence-corrected chi connectivity index (χ2v) is 5.36. The second kappa shape index (κ2) is 6.58. The van der Waals surface area contributed by atoms with Gasteiger partial charge < -0.3 is 0 Å². The molecule has 0 atom stereocenters. The van der Waals surface area contributed by atoms with Crippen LogP contribution >= 0.6 is 23.2 Å². The molecule has 2 rings (SSSR count). The van der Waals surface area contributed by atoms with Gasteiger partial charge in [-0.2, -0.15) is 5.10 Å². The van der Waals surface area contributed by atoms with Gasteiger partial charge in [0.15, 0.2) is 5.78 Å². The summed E-state index contributed by atoms with van der Waals surface area (Å²) in [5.41, 5.74) is 1.23. The molecule has 2 aromatic rings. The number of benzene rings is 1. The number of hydrogen-bond acceptors (Lipinski definition) is 2. The molecule has 0 saturated heterocycles. The van der Waals surface area contributed by atoms with Crippen LogP contribution in [0.25, 0.3) is 0 Å². The molecule has 0 fully saturated rings. The monoisotopic (exact) mass is 328 g/mol. The van der Waals surface area contributed by atoms with Gasteiger partial charge in [-0.1, -0.05) is 36.2 Å². The number of carbonyl (C=O) groups excluding carboxylic acids is 1. The lowest BCUT2D eigenvalue weighted by molar-refractivity contribution is 0.0987. The van der Waals surface area contributed by atoms with Crippen molar-refractivity contribution in [1.82, 2.24) is 9.78 Å². The molecule has 1 aromatic carbocycles. The summed E-state index contributed by atoms with van der Waals surface area (Å²) in [5, 5.41) is 4.92. The second-order valence-electron chi connectivity index (χ2n) is 4.57. The minimum Gasteiger partial charge on any atom is -0.294 e. The van der Waals surface area contributed by atoms with Crippen LogP contribution in [-0.2, 0) is 19.4 Å². The number of ketones is 1. The lowest BCUT2D eigenvalue weighted by atomic mass is 10.1. The van der Waals surface area contributed by atoms with Gasteiger partial charge in [0, 0.05) is 6.54 Å². The minimum absolute atomic E-state index is 0.0275. The number of hydrogen-bond donors (Lipinski definition) is 0. The van der Waals surface area contributed by atoms with Crippen LogP contribution in [0.5, 0.6) is 0 Å². The Kier molecular flexibility index (Phi) is 5.01. The first-order chi connectivity index (χ1) is 9.99. The predicted molar refractivity (Wildman–Crippen MR) is 81.7 cm³/mol. The van der Waals surface area contributed by atoms with Crippen molar-refractivity contribution in [2.45, 2.75) is 33.2 Å². The molecule has 1 heterocycles. The third-order valence-corrected chi connectivity index (χ3v) is 4.02. The summed E-state index contributed by atoms with van der Waals surface area (Å²) in [4.78, 5) is 12.3. The third kappa shape index (κ3) is 3.11. The Balaban J connectivity index is 2.38. The Morgan fingerprint density at radius 1 is 1.33 bits per heavy atom. The van der Waals surface area contributed by atoms with Crippen LogP contribution in [0.15, 0.2) is 18.2 Å². The number of aromatic nitrogens is 2. The zero-order valence-corrected chi connectivity index (χ0v) is 13.3. The average Bonchev–Trinajstić information content (AvgIpc) is 2.75. The van der Waals surface area contributed by atoms with Crippen LogP contribution in [-0.4, -0.2) is 15.6 Å². The van der Waals surface area contributed by atoms with E-state index in [-0.39, 0.29) is 17.0 Å². The zero-order chi connectivity index (χ0) is 15.6. The Labute approximate surface area is 132 Å². The van der Waals surface area contributed by atoms with E-state index in [0.29, 0.717) is 23.7 Å². The van der Waals surface area contributed by atoms with E-state index in [4.69, 9.17) is 23.2 Å². The molecule has 0 saturated carbocycles. The van der Waals surface area contributed by atoms with Crippen molar-refractivity contribution < 1.29 is 9.18 Å². The summed E-state index contributed by atoms with van der Waals surface area (Å²) >= 11 is 12.2. The van der Waals surface area contributed by atoms with Gasteiger partial charge in [-0.25, -0.2) is 4.39 Å². The molecule has 1 aromatic heterocycles. The van der Waals surface area contributed by atoms with Crippen molar-refractivity contribution in [3.63, 3.8) is 0 Å². The molecule has 112 valence electrons. The van der Waals surface area contributed by atoms with Gasteiger partial charge in [-0.05, 0) is 25.5 Å². The molecular formula is C15H15Cl2FN2O. The Hall–Kier alpha value is -1.39. The van der Waals surface area contributed by atoms with Crippen molar-refractivity contribution in [3.05, 3.63) is 51.0 Å². The van der Waals surface area contributed by atoms with E-state index >= 15 is 0 Å². The molecule has 0 bridgehead atoms. The molecular weight excluding hydrogens is 314 g/mol. The summed E-state index contributed by atoms with van der Waals surface area (Å²) < 4.78 is 15.5. The van der Waals surface area contributed by atoms with Crippen LogP contribution in [0.4, 0.5) is 4.39 Å². The van der Waals surface area contributed by atoms with E-state index in [1.165, 1.54) is 18.2 Å². The number of nitrogens with zero attached hydrogens (tertiary/aromatic N) is 2. The molecule has 3 nitrogen and oxygen atoms in total. The van der Waals surface area contributed by atoms with E-state index in [1.807, 2.05) is 13.8 Å². The van der Waals surface area contributed by atoms with E-state index in [1.54, 1.807) is 4.68 Å². The van der Waals surface area contributed by atoms with E-state index in [9.17, 15) is 9.18 Å². The molecule has 0 aliphatic carbocycles. The summed E-state index contributed by atoms with van der Waals surface area (Å²) in [5.74, 6) is -1.03. The molecule has 0 aliphatic rings. The standard InChI is InChI=1S/C15H15Cl2FN2O/c1-3-11-15(17)12(20(4-2)19-11)8-13(21)14-9(16)6-5-7-10(14)18/h5-7H,3-4,8H2,1-2H3. The topological polar surface area (TPSA) is 34.9 Å². The maximum absolute atomic E-state index is 13.8. The van der Waals surface area contributed by atoms with Crippen molar-refractivity contribution in [1.29, 1.82) is 0 Å². The van der Waals surface area contributed by atoms with Gasteiger partial charge in [-0.3, -0.25) is 9.48 Å². The summed E-state index contributed by atoms with van der Waals surface area (Å²) in [7, 11) is 0. The molecule has 0 radical (unpaired) electrons. The first-order valence-corrected chi connectivity index (χ1v) is 7.46. The third-order valence-electron chi connectivity index (χ3n) is 3.26. The fourth-order valence-electron chi connectivity index (χ4n) is 2.19. The highest BCUT2D eigenvalue weighted by Crippen LogP contribution is 2.26. The molecule has 0 amide bonds. The van der Waals surface area contributed by atoms with E-state index in [2.05, 4.69) is 5.10 Å². The normalized spacial score (nSPS) is 10.9. The minimum atomic E-state index is -0.623. The van der Waals surface area contributed by atoms with Gasteiger partial charge in [0.05, 0.1) is 33.4 Å². The number of aryl methyl sites for hydroxylation is 2. The Morgan fingerprint density at radius 3 is 2.62 bits per heavy atom. The van der Waals surface area contributed by atoms with Crippen molar-refractivity contribution in [2.75, 3.05) is 0 Å². The maximum Gasteiger partial charge on any atom is 0.173 e. The van der Waals surface area contributed by atoms with E-state index < -0.39 is 11.6 Å². The van der Waals surface area contributed by atoms with Gasteiger partial charge in [0.25, 0.3) is 0 Å². The van der Waals surface area contributed by atoms with E-state index in [0.717, 1.165) is 5.69 Å². The quantitative estimate of drug-likeness (QED) is 0.765. The molecule has 0 N–H and O–H groups in total. The number of halogens is 3. The molecule has 21 heavy (non-hydrogen) atoms. The van der Waals surface area contributed by atoms with Gasteiger partial charge in [0.2, 0.25) is 0 Å². The Morgan fingerprint density at radius 2 is 2.05 bits per heavy atom. The smallest absolute Gasteiger partial charge is 0.173 e. The van der Waals surface area contributed by atoms with Crippen molar-refractivity contribution in [3.8, 4) is 0 Å². The van der Waals surface area contributed by atoms with Crippen LogP contribution in [0.3, 0.4) is 0 Å². The average molecular weight is 329 g/mol. The SMILES string of the molecule is CCc1nn(CC)c(CC(=O)c2c(F)cccc2Cl)c1Cl. The highest BCUT2D eigenvalue weighted by Gasteiger charge is 2.21. The summed E-state index contributed by atoms with van der Waals surface area (Å²) in [6.45, 7) is 4.44. The summed E-state index contributed by atoms with van der Waals surface area (Å²) in [6.07, 6.45) is 0.647. The van der Waals surface area contributed by atoms with Crippen LogP contribution in [0, 0.1) is 5.82 Å². The number of Topliss-reactive ketones (excluding diaryl/α,β-unsaturated/α-hetero) is 1. The molecule has 0 unspecified atom stereocenters. The van der Waals surface area contributed by atoms with Gasteiger partial charge in [-0.15, -0.1) is 0 Å². The Bertz CT molecular complexity index is 662.